The lowest BCUT2D eigenvalue weighted by atomic mass is 9.99. The van der Waals surface area contributed by atoms with E-state index in [2.05, 4.69) is 0 Å². The van der Waals surface area contributed by atoms with Gasteiger partial charge in [0, 0.05) is 6.54 Å². The van der Waals surface area contributed by atoms with E-state index in [4.69, 9.17) is 5.11 Å². The molecule has 0 radical (unpaired) electrons. The molecule has 1 aliphatic heterocycles. The lowest BCUT2D eigenvalue weighted by Gasteiger charge is -2.27. The van der Waals surface area contributed by atoms with Crippen LogP contribution in [0.3, 0.4) is 0 Å². The van der Waals surface area contributed by atoms with Crippen LogP contribution >= 0.6 is 0 Å². The monoisotopic (exact) mass is 165 g/mol. The number of nitrogens with zero attached hydrogens (tertiary/aromatic N) is 1. The number of aliphatic carboxylic acids is 1. The lowest BCUT2D eigenvalue weighted by molar-refractivity contribution is -0.167. The molecular formula is C6H9F2NO2. The molecule has 0 aromatic heterocycles. The van der Waals surface area contributed by atoms with E-state index in [9.17, 15) is 13.7 Å². The van der Waals surface area contributed by atoms with Crippen LogP contribution in [0.4, 0.5) is 8.87 Å². The van der Waals surface area contributed by atoms with Gasteiger partial charge in [0.1, 0.15) is 5.92 Å². The highest BCUT2D eigenvalue weighted by Gasteiger charge is 2.36. The molecule has 0 saturated carbocycles. The summed E-state index contributed by atoms with van der Waals surface area (Å²) in [6.45, 7) is -0.00898. The molecule has 0 aliphatic carbocycles. The number of piperidine rings is 1. The fourth-order valence-electron chi connectivity index (χ4n) is 1.16. The molecule has 1 heterocycles. The highest BCUT2D eigenvalue weighted by molar-refractivity contribution is 5.70. The second-order valence-electron chi connectivity index (χ2n) is 2.58. The molecule has 3 nitrogen and oxygen atoms in total. The summed E-state index contributed by atoms with van der Waals surface area (Å²) in [5, 5.41) is 8.34. The number of rotatable bonds is 1. The molecule has 2 unspecified atom stereocenters. The van der Waals surface area contributed by atoms with Gasteiger partial charge in [-0.1, -0.05) is 0 Å². The Kier molecular flexibility index (Phi) is 2.38. The minimum absolute atomic E-state index is 0.00898. The van der Waals surface area contributed by atoms with E-state index >= 15 is 0 Å². The summed E-state index contributed by atoms with van der Waals surface area (Å²) in [7, 11) is 0. The van der Waals surface area contributed by atoms with Gasteiger partial charge in [0.15, 0.2) is 6.30 Å². The standard InChI is InChI=1S/C6H9F2NO2/c7-5-4(6(10)11)2-1-3-9(5)8/h4-5H,1-3H2,(H,10,11). The van der Waals surface area contributed by atoms with Gasteiger partial charge in [0.25, 0.3) is 0 Å². The molecule has 11 heavy (non-hydrogen) atoms. The van der Waals surface area contributed by atoms with Crippen molar-refractivity contribution in [3.63, 3.8) is 0 Å². The first-order chi connectivity index (χ1) is 5.13. The van der Waals surface area contributed by atoms with Crippen LogP contribution in [0.2, 0.25) is 0 Å². The third-order valence-corrected chi connectivity index (χ3v) is 1.80. The number of hydrogen-bond donors (Lipinski definition) is 1. The molecule has 0 aromatic carbocycles. The molecule has 0 bridgehead atoms. The van der Waals surface area contributed by atoms with Crippen molar-refractivity contribution in [1.29, 1.82) is 0 Å². The van der Waals surface area contributed by atoms with E-state index < -0.39 is 18.2 Å². The zero-order valence-corrected chi connectivity index (χ0v) is 5.83. The minimum Gasteiger partial charge on any atom is -0.481 e. The average molecular weight is 165 g/mol. The van der Waals surface area contributed by atoms with Crippen LogP contribution in [0.15, 0.2) is 0 Å². The van der Waals surface area contributed by atoms with Crippen LogP contribution in [0, 0.1) is 5.92 Å². The fourth-order valence-corrected chi connectivity index (χ4v) is 1.16. The molecule has 1 saturated heterocycles. The van der Waals surface area contributed by atoms with E-state index in [1.165, 1.54) is 0 Å². The van der Waals surface area contributed by atoms with Gasteiger partial charge in [-0.25, -0.2) is 4.39 Å². The predicted molar refractivity (Wildman–Crippen MR) is 33.1 cm³/mol. The van der Waals surface area contributed by atoms with Crippen molar-refractivity contribution in [2.45, 2.75) is 19.1 Å². The van der Waals surface area contributed by atoms with Crippen molar-refractivity contribution in [2.75, 3.05) is 6.54 Å². The Balaban J connectivity index is 2.58. The molecule has 1 fully saturated rings. The van der Waals surface area contributed by atoms with Gasteiger partial charge in [-0.2, -0.15) is 0 Å². The maximum atomic E-state index is 12.7. The average Bonchev–Trinajstić information content (AvgIpc) is 1.94. The summed E-state index contributed by atoms with van der Waals surface area (Å²) in [5.41, 5.74) is 0. The number of alkyl halides is 1. The van der Waals surface area contributed by atoms with E-state index in [0.29, 0.717) is 6.42 Å². The topological polar surface area (TPSA) is 40.5 Å². The van der Waals surface area contributed by atoms with Crippen molar-refractivity contribution in [3.05, 3.63) is 0 Å². The number of hydrogen-bond acceptors (Lipinski definition) is 2. The quantitative estimate of drug-likeness (QED) is 0.464. The van der Waals surface area contributed by atoms with Crippen LogP contribution in [-0.2, 0) is 4.79 Å². The number of carboxylic acids is 1. The molecule has 1 rings (SSSR count). The largest absolute Gasteiger partial charge is 0.481 e. The van der Waals surface area contributed by atoms with E-state index in [0.717, 1.165) is 0 Å². The van der Waals surface area contributed by atoms with Gasteiger partial charge in [-0.15, -0.1) is 9.60 Å². The molecule has 0 amide bonds. The van der Waals surface area contributed by atoms with Crippen LogP contribution < -0.4 is 0 Å². The Bertz CT molecular complexity index is 165. The van der Waals surface area contributed by atoms with Crippen LogP contribution in [-0.4, -0.2) is 29.0 Å². The second-order valence-corrected chi connectivity index (χ2v) is 2.58. The van der Waals surface area contributed by atoms with Crippen molar-refractivity contribution in [1.82, 2.24) is 5.12 Å². The van der Waals surface area contributed by atoms with Gasteiger partial charge >= 0.3 is 5.97 Å². The Morgan fingerprint density at radius 2 is 2.27 bits per heavy atom. The fraction of sp³-hybridized carbons (Fsp3) is 0.833. The summed E-state index contributed by atoms with van der Waals surface area (Å²) in [6, 6.07) is 0. The summed E-state index contributed by atoms with van der Waals surface area (Å²) < 4.78 is 25.0. The van der Waals surface area contributed by atoms with Crippen molar-refractivity contribution in [3.8, 4) is 0 Å². The third-order valence-electron chi connectivity index (χ3n) is 1.80. The first-order valence-electron chi connectivity index (χ1n) is 3.42. The first kappa shape index (κ1) is 8.39. The SMILES string of the molecule is O=C(O)C1CCCN(F)C1F. The summed E-state index contributed by atoms with van der Waals surface area (Å²) >= 11 is 0. The first-order valence-corrected chi connectivity index (χ1v) is 3.42. The zero-order chi connectivity index (χ0) is 8.43. The van der Waals surface area contributed by atoms with Crippen LogP contribution in [0.1, 0.15) is 12.8 Å². The third kappa shape index (κ3) is 1.65. The predicted octanol–water partition coefficient (Wildman–Crippen LogP) is 0.963. The Hall–Kier alpha value is -0.710. The van der Waals surface area contributed by atoms with Gasteiger partial charge < -0.3 is 5.11 Å². The van der Waals surface area contributed by atoms with E-state index in [-0.39, 0.29) is 18.1 Å². The van der Waals surface area contributed by atoms with Gasteiger partial charge in [0.2, 0.25) is 0 Å². The molecule has 2 atom stereocenters. The molecule has 1 aliphatic rings. The molecule has 64 valence electrons. The maximum Gasteiger partial charge on any atom is 0.310 e. The molecule has 1 N–H and O–H groups in total. The zero-order valence-electron chi connectivity index (χ0n) is 5.83. The highest BCUT2D eigenvalue weighted by Crippen LogP contribution is 2.24. The minimum atomic E-state index is -1.97. The second kappa shape index (κ2) is 3.13. The Morgan fingerprint density at radius 1 is 1.64 bits per heavy atom. The number of carbonyl (C=O) groups is 1. The molecule has 5 heteroatoms. The lowest BCUT2D eigenvalue weighted by Crippen LogP contribution is -2.40. The summed E-state index contributed by atoms with van der Waals surface area (Å²) in [6.07, 6.45) is -1.36. The smallest absolute Gasteiger partial charge is 0.310 e. The Morgan fingerprint density at radius 3 is 2.73 bits per heavy atom. The Labute approximate surface area is 62.5 Å². The van der Waals surface area contributed by atoms with Gasteiger partial charge in [-0.3, -0.25) is 4.79 Å². The molecule has 0 aromatic rings. The van der Waals surface area contributed by atoms with Crippen LogP contribution in [0.5, 0.6) is 0 Å². The molecular weight excluding hydrogens is 156 g/mol. The normalized spacial score (nSPS) is 33.6. The number of carboxylic acid groups (broad SMARTS) is 1. The number of halogens is 2. The van der Waals surface area contributed by atoms with Crippen molar-refractivity contribution >= 4 is 5.97 Å². The van der Waals surface area contributed by atoms with Gasteiger partial charge in [-0.05, 0) is 12.8 Å². The van der Waals surface area contributed by atoms with Crippen LogP contribution in [0.25, 0.3) is 0 Å². The van der Waals surface area contributed by atoms with E-state index in [1.807, 2.05) is 0 Å². The molecule has 0 spiro atoms. The van der Waals surface area contributed by atoms with E-state index in [1.54, 1.807) is 0 Å². The van der Waals surface area contributed by atoms with Gasteiger partial charge in [0.05, 0.1) is 0 Å². The summed E-state index contributed by atoms with van der Waals surface area (Å²) in [5.74, 6) is -2.46. The summed E-state index contributed by atoms with van der Waals surface area (Å²) in [4.78, 5) is 10.3. The van der Waals surface area contributed by atoms with Crippen molar-refractivity contribution < 1.29 is 18.8 Å². The highest BCUT2D eigenvalue weighted by atomic mass is 19.2. The maximum absolute atomic E-state index is 12.7. The van der Waals surface area contributed by atoms with Crippen molar-refractivity contribution in [2.24, 2.45) is 5.92 Å².